The van der Waals surface area contributed by atoms with Gasteiger partial charge in [-0.25, -0.2) is 0 Å². The molecule has 0 spiro atoms. The summed E-state index contributed by atoms with van der Waals surface area (Å²) >= 11 is 0. The van der Waals surface area contributed by atoms with Crippen LogP contribution in [0.15, 0.2) is 54.6 Å². The van der Waals surface area contributed by atoms with Crippen molar-refractivity contribution in [3.8, 4) is 11.1 Å². The van der Waals surface area contributed by atoms with Crippen LogP contribution in [0.3, 0.4) is 0 Å². The number of hydrogen-bond acceptors (Lipinski definition) is 4. The van der Waals surface area contributed by atoms with Gasteiger partial charge in [-0.05, 0) is 108 Å². The van der Waals surface area contributed by atoms with E-state index < -0.39 is 42.1 Å². The largest absolute Gasteiger partial charge is 0.494 e. The van der Waals surface area contributed by atoms with Crippen molar-refractivity contribution in [1.82, 2.24) is 0 Å². The SMILES string of the molecule is [B]c1cc(C)cc(C2(C)c3cc(B4OC(C)(C)C(C)(C)O4)ccc3-c3ccc(B4OC(C)(C)C(C)(C)O4)cc32)c1. The lowest BCUT2D eigenvalue weighted by atomic mass is 9.68. The first-order valence-corrected chi connectivity index (χ1v) is 14.3. The maximum absolute atomic E-state index is 6.45. The van der Waals surface area contributed by atoms with E-state index in [1.165, 1.54) is 22.3 Å². The summed E-state index contributed by atoms with van der Waals surface area (Å²) in [5, 5.41) is 0. The monoisotopic (exact) mass is 532 g/mol. The summed E-state index contributed by atoms with van der Waals surface area (Å²) in [5.41, 5.74) is 7.83. The third kappa shape index (κ3) is 4.00. The van der Waals surface area contributed by atoms with Crippen molar-refractivity contribution < 1.29 is 18.6 Å². The zero-order valence-electron chi connectivity index (χ0n) is 25.6. The first kappa shape index (κ1) is 27.8. The van der Waals surface area contributed by atoms with Crippen molar-refractivity contribution in [2.45, 2.75) is 97.1 Å². The Hall–Kier alpha value is -2.31. The van der Waals surface area contributed by atoms with Gasteiger partial charge in [0.1, 0.15) is 7.85 Å². The first-order valence-electron chi connectivity index (χ1n) is 14.3. The van der Waals surface area contributed by atoms with Gasteiger partial charge in [0.25, 0.3) is 0 Å². The topological polar surface area (TPSA) is 36.9 Å². The lowest BCUT2D eigenvalue weighted by molar-refractivity contribution is 0.00578. The Morgan fingerprint density at radius 3 is 1.32 bits per heavy atom. The lowest BCUT2D eigenvalue weighted by Gasteiger charge is -2.32. The highest BCUT2D eigenvalue weighted by atomic mass is 16.7. The highest BCUT2D eigenvalue weighted by Gasteiger charge is 2.54. The fraction of sp³-hybridized carbons (Fsp3) is 0.455. The highest BCUT2D eigenvalue weighted by molar-refractivity contribution is 6.62. The van der Waals surface area contributed by atoms with E-state index in [0.717, 1.165) is 27.5 Å². The average molecular weight is 532 g/mol. The number of benzene rings is 3. The van der Waals surface area contributed by atoms with Crippen LogP contribution in [-0.2, 0) is 24.0 Å². The zero-order chi connectivity index (χ0) is 29.0. The Kier molecular flexibility index (Phi) is 5.99. The third-order valence-corrected chi connectivity index (χ3v) is 10.2. The molecule has 2 saturated heterocycles. The van der Waals surface area contributed by atoms with E-state index in [1.807, 2.05) is 6.07 Å². The number of aryl methyl sites for hydroxylation is 1. The molecular formula is C33H39B3O4. The van der Waals surface area contributed by atoms with Crippen LogP contribution in [0.2, 0.25) is 0 Å². The summed E-state index contributed by atoms with van der Waals surface area (Å²) < 4.78 is 25.8. The molecule has 0 unspecified atom stereocenters. The van der Waals surface area contributed by atoms with Crippen molar-refractivity contribution in [2.24, 2.45) is 0 Å². The van der Waals surface area contributed by atoms with Gasteiger partial charge in [-0.15, -0.1) is 0 Å². The Balaban J connectivity index is 1.51. The van der Waals surface area contributed by atoms with Gasteiger partial charge in [0.05, 0.1) is 22.4 Å². The molecule has 0 bridgehead atoms. The summed E-state index contributed by atoms with van der Waals surface area (Å²) in [6.45, 7) is 21.1. The zero-order valence-corrected chi connectivity index (χ0v) is 25.6. The Labute approximate surface area is 241 Å². The molecule has 4 nitrogen and oxygen atoms in total. The van der Waals surface area contributed by atoms with Gasteiger partial charge in [0.15, 0.2) is 0 Å². The fourth-order valence-corrected chi connectivity index (χ4v) is 6.23. The van der Waals surface area contributed by atoms with Crippen molar-refractivity contribution >= 4 is 38.5 Å². The van der Waals surface area contributed by atoms with E-state index >= 15 is 0 Å². The van der Waals surface area contributed by atoms with Gasteiger partial charge >= 0.3 is 14.2 Å². The molecule has 204 valence electrons. The standard InChI is InChI=1S/C33H39B3O4/c1-20-15-21(17-22(34)16-20)33(10)27-18-23(35-37-29(2,3)30(4,5)38-35)11-13-25(27)26-14-12-24(19-28(26)33)36-39-31(6,7)32(8,9)40-36/h11-19H,1-10H3. The minimum Gasteiger partial charge on any atom is -0.399 e. The van der Waals surface area contributed by atoms with Crippen LogP contribution in [0, 0.1) is 6.92 Å². The fourth-order valence-electron chi connectivity index (χ4n) is 6.23. The summed E-state index contributed by atoms with van der Waals surface area (Å²) in [7, 11) is 5.55. The number of fused-ring (bicyclic) bond motifs is 3. The molecule has 2 radical (unpaired) electrons. The van der Waals surface area contributed by atoms with Gasteiger partial charge < -0.3 is 18.6 Å². The third-order valence-electron chi connectivity index (χ3n) is 10.2. The second-order valence-corrected chi connectivity index (χ2v) is 14.0. The number of hydrogen-bond donors (Lipinski definition) is 0. The quantitative estimate of drug-likeness (QED) is 0.458. The number of rotatable bonds is 3. The predicted molar refractivity (Wildman–Crippen MR) is 165 cm³/mol. The summed E-state index contributed by atoms with van der Waals surface area (Å²) in [4.78, 5) is 0. The van der Waals surface area contributed by atoms with E-state index in [2.05, 4.69) is 118 Å². The Bertz CT molecular complexity index is 1390. The van der Waals surface area contributed by atoms with Gasteiger partial charge in [0, 0.05) is 5.41 Å². The minimum absolute atomic E-state index is 0.411. The molecular weight excluding hydrogens is 493 g/mol. The lowest BCUT2D eigenvalue weighted by Crippen LogP contribution is -2.41. The van der Waals surface area contributed by atoms with Crippen molar-refractivity contribution in [1.29, 1.82) is 0 Å². The van der Waals surface area contributed by atoms with Crippen LogP contribution in [0.4, 0.5) is 0 Å². The maximum atomic E-state index is 6.45. The van der Waals surface area contributed by atoms with Crippen LogP contribution in [-0.4, -0.2) is 44.5 Å². The summed E-state index contributed by atoms with van der Waals surface area (Å²) in [5.74, 6) is 0. The van der Waals surface area contributed by atoms with E-state index in [-0.39, 0.29) is 0 Å². The molecule has 2 heterocycles. The molecule has 0 amide bonds. The van der Waals surface area contributed by atoms with Crippen LogP contribution < -0.4 is 16.4 Å². The minimum atomic E-state index is -0.454. The molecule has 1 aliphatic carbocycles. The summed E-state index contributed by atoms with van der Waals surface area (Å²) in [6.07, 6.45) is 0. The molecule has 6 rings (SSSR count). The smallest absolute Gasteiger partial charge is 0.399 e. The van der Waals surface area contributed by atoms with E-state index in [9.17, 15) is 0 Å². The molecule has 0 N–H and O–H groups in total. The van der Waals surface area contributed by atoms with Crippen LogP contribution in [0.5, 0.6) is 0 Å². The van der Waals surface area contributed by atoms with Crippen molar-refractivity contribution in [3.63, 3.8) is 0 Å². The van der Waals surface area contributed by atoms with Crippen LogP contribution >= 0.6 is 0 Å². The van der Waals surface area contributed by atoms with Crippen molar-refractivity contribution in [3.05, 3.63) is 76.9 Å². The molecule has 7 heteroatoms. The maximum Gasteiger partial charge on any atom is 0.494 e. The normalized spacial score (nSPS) is 22.9. The van der Waals surface area contributed by atoms with E-state index in [0.29, 0.717) is 0 Å². The van der Waals surface area contributed by atoms with Crippen molar-refractivity contribution in [2.75, 3.05) is 0 Å². The van der Waals surface area contributed by atoms with Gasteiger partial charge in [0.2, 0.25) is 0 Å². The molecule has 3 aromatic carbocycles. The second-order valence-electron chi connectivity index (χ2n) is 14.0. The molecule has 0 aromatic heterocycles. The van der Waals surface area contributed by atoms with E-state index in [4.69, 9.17) is 26.5 Å². The van der Waals surface area contributed by atoms with E-state index in [1.54, 1.807) is 0 Å². The molecule has 40 heavy (non-hydrogen) atoms. The highest BCUT2D eigenvalue weighted by Crippen LogP contribution is 2.52. The molecule has 3 aromatic rings. The van der Waals surface area contributed by atoms with Gasteiger partial charge in [-0.1, -0.05) is 65.6 Å². The Morgan fingerprint density at radius 2 is 0.950 bits per heavy atom. The average Bonchev–Trinajstić information content (AvgIpc) is 3.33. The molecule has 2 aliphatic heterocycles. The Morgan fingerprint density at radius 1 is 0.550 bits per heavy atom. The summed E-state index contributed by atoms with van der Waals surface area (Å²) in [6, 6.07) is 19.6. The molecule has 0 atom stereocenters. The van der Waals surface area contributed by atoms with Crippen LogP contribution in [0.25, 0.3) is 11.1 Å². The molecule has 3 aliphatic rings. The molecule has 0 saturated carbocycles. The van der Waals surface area contributed by atoms with Gasteiger partial charge in [-0.2, -0.15) is 0 Å². The predicted octanol–water partition coefficient (Wildman–Crippen LogP) is 4.72. The second kappa shape index (κ2) is 8.61. The van der Waals surface area contributed by atoms with Crippen LogP contribution in [0.1, 0.15) is 84.6 Å². The molecule has 2 fully saturated rings. The first-order chi connectivity index (χ1) is 18.5. The van der Waals surface area contributed by atoms with Gasteiger partial charge in [-0.3, -0.25) is 0 Å².